The molecule has 2 fully saturated rings. The van der Waals surface area contributed by atoms with Gasteiger partial charge < -0.3 is 0 Å². The van der Waals surface area contributed by atoms with Crippen molar-refractivity contribution >= 4 is 37.8 Å². The van der Waals surface area contributed by atoms with Crippen LogP contribution in [0.1, 0.15) is 24.8 Å². The number of piperidine rings is 1. The molecule has 3 N–H and O–H groups in total. The van der Waals surface area contributed by atoms with Gasteiger partial charge in [-0.1, -0.05) is 6.07 Å². The zero-order valence-electron chi connectivity index (χ0n) is 15.5. The van der Waals surface area contributed by atoms with Gasteiger partial charge in [-0.2, -0.15) is 0 Å². The number of carbonyl (C=O) groups is 2. The van der Waals surface area contributed by atoms with Crippen LogP contribution in [0, 0.1) is 6.92 Å². The van der Waals surface area contributed by atoms with Crippen LogP contribution in [0.2, 0.25) is 9.73 Å². The van der Waals surface area contributed by atoms with Crippen LogP contribution in [0.25, 0.3) is 0 Å². The van der Waals surface area contributed by atoms with E-state index < -0.39 is 15.8 Å². The molecular weight excluding hydrogens is 429 g/mol. The number of ether oxygens (including phenoxy) is 1. The number of aryl methyl sites for hydroxylation is 1. The van der Waals surface area contributed by atoms with Gasteiger partial charge in [0.1, 0.15) is 0 Å². The summed E-state index contributed by atoms with van der Waals surface area (Å²) in [6.45, 7) is 4.24. The van der Waals surface area contributed by atoms with E-state index in [-0.39, 0.29) is 29.2 Å². The van der Waals surface area contributed by atoms with Crippen molar-refractivity contribution in [3.05, 3.63) is 28.8 Å². The van der Waals surface area contributed by atoms with Crippen molar-refractivity contribution in [2.75, 3.05) is 26.2 Å². The van der Waals surface area contributed by atoms with E-state index in [0.717, 1.165) is 37.1 Å². The molecule has 147 valence electrons. The van der Waals surface area contributed by atoms with E-state index in [1.165, 1.54) is 0 Å². The number of nitrogens with zero attached hydrogens (tertiary/aromatic N) is 1. The molecule has 2 atom stereocenters. The fourth-order valence-electron chi connectivity index (χ4n) is 3.55. The average Bonchev–Trinajstić information content (AvgIpc) is 3.13. The first-order valence-corrected chi connectivity index (χ1v) is 11.7. The van der Waals surface area contributed by atoms with Crippen LogP contribution in [0.4, 0.5) is 0 Å². The van der Waals surface area contributed by atoms with E-state index in [4.69, 9.17) is 22.1 Å². The van der Waals surface area contributed by atoms with E-state index in [9.17, 15) is 9.59 Å². The number of hydrogen-bond acceptors (Lipinski definition) is 5. The third-order valence-corrected chi connectivity index (χ3v) is 7.93. The minimum atomic E-state index is -0.431. The first-order chi connectivity index (χ1) is 13.0. The maximum atomic E-state index is 12.8. The third kappa shape index (κ3) is 5.47. The summed E-state index contributed by atoms with van der Waals surface area (Å²) in [6, 6.07) is 5.60. The Balaban J connectivity index is 1.47. The zero-order valence-corrected chi connectivity index (χ0v) is 18.1. The fraction of sp³-hybridized carbons (Fsp3) is 0.579. The van der Waals surface area contributed by atoms with Crippen LogP contribution in [0.5, 0.6) is 5.75 Å². The summed E-state index contributed by atoms with van der Waals surface area (Å²) in [6.07, 6.45) is 2.41. The summed E-state index contributed by atoms with van der Waals surface area (Å²) in [5.41, 5.74) is 6.52. The molecule has 27 heavy (non-hydrogen) atoms. The minimum absolute atomic E-state index is 0.0739. The van der Waals surface area contributed by atoms with Gasteiger partial charge in [-0.05, 0) is 6.92 Å². The Kier molecular flexibility index (Phi) is 7.21. The van der Waals surface area contributed by atoms with Gasteiger partial charge in [0.05, 0.1) is 0 Å². The van der Waals surface area contributed by atoms with Crippen molar-refractivity contribution in [3.8, 4) is 5.75 Å². The predicted octanol–water partition coefficient (Wildman–Crippen LogP) is 1.36. The first kappa shape index (κ1) is 20.7. The summed E-state index contributed by atoms with van der Waals surface area (Å²) < 4.78 is 6.52. The second-order valence-electron chi connectivity index (χ2n) is 7.15. The Morgan fingerprint density at radius 1 is 1.37 bits per heavy atom. The van der Waals surface area contributed by atoms with E-state index in [0.29, 0.717) is 22.8 Å². The predicted molar refractivity (Wildman–Crippen MR) is 106 cm³/mol. The fourth-order valence-corrected chi connectivity index (χ4v) is 5.87. The van der Waals surface area contributed by atoms with Crippen molar-refractivity contribution in [3.63, 3.8) is 0 Å². The first-order valence-electron chi connectivity index (χ1n) is 9.35. The Morgan fingerprint density at radius 3 is 2.81 bits per heavy atom. The molecule has 2 aliphatic rings. The molecular formula is C19H26AsClN3O3. The second kappa shape index (κ2) is 9.42. The van der Waals surface area contributed by atoms with E-state index in [1.807, 2.05) is 30.0 Å². The second-order valence-corrected chi connectivity index (χ2v) is 10.7. The van der Waals surface area contributed by atoms with Crippen LogP contribution in [-0.2, 0) is 9.59 Å². The monoisotopic (exact) mass is 454 g/mol. The molecule has 2 aliphatic heterocycles. The summed E-state index contributed by atoms with van der Waals surface area (Å²) in [5, 5.41) is 3.91. The van der Waals surface area contributed by atoms with Gasteiger partial charge in [-0.15, -0.1) is 0 Å². The van der Waals surface area contributed by atoms with Gasteiger partial charge in [-0.3, -0.25) is 0 Å². The summed E-state index contributed by atoms with van der Waals surface area (Å²) in [5.74, 6) is 0.862. The zero-order chi connectivity index (χ0) is 19.4. The number of hydrogen-bond donors (Lipinski definition) is 2. The normalized spacial score (nSPS) is 23.9. The van der Waals surface area contributed by atoms with Gasteiger partial charge in [0, 0.05) is 0 Å². The van der Waals surface area contributed by atoms with Crippen molar-refractivity contribution in [2.45, 2.75) is 43.0 Å². The molecule has 3 rings (SSSR count). The van der Waals surface area contributed by atoms with Gasteiger partial charge >= 0.3 is 159 Å². The number of likely N-dealkylation sites (tertiary alicyclic amines) is 1. The molecule has 2 heterocycles. The van der Waals surface area contributed by atoms with E-state index in [2.05, 4.69) is 5.32 Å². The number of rotatable bonds is 6. The molecule has 0 aliphatic carbocycles. The van der Waals surface area contributed by atoms with Crippen molar-refractivity contribution in [1.82, 2.24) is 10.2 Å². The van der Waals surface area contributed by atoms with Gasteiger partial charge in [0.2, 0.25) is 0 Å². The number of carbonyl (C=O) groups excluding carboxylic acids is 2. The third-order valence-electron chi connectivity index (χ3n) is 5.04. The molecule has 1 radical (unpaired) electrons. The number of amides is 1. The van der Waals surface area contributed by atoms with E-state index >= 15 is 0 Å². The molecule has 0 saturated carbocycles. The van der Waals surface area contributed by atoms with Crippen molar-refractivity contribution in [2.24, 2.45) is 5.73 Å². The van der Waals surface area contributed by atoms with Crippen molar-refractivity contribution in [1.29, 1.82) is 0 Å². The molecule has 1 amide bonds. The molecule has 1 aromatic rings. The van der Waals surface area contributed by atoms with Crippen molar-refractivity contribution < 1.29 is 14.3 Å². The SMILES string of the molecule is Cc1ccc(Cl)c(OC2CCN(C(=O)[C@@H]3CC([As]C(=O)CN)CN3)CC2)c1. The van der Waals surface area contributed by atoms with Crippen LogP contribution < -0.4 is 15.8 Å². The van der Waals surface area contributed by atoms with Gasteiger partial charge in [-0.25, -0.2) is 0 Å². The Labute approximate surface area is 171 Å². The van der Waals surface area contributed by atoms with Gasteiger partial charge in [0.15, 0.2) is 0 Å². The summed E-state index contributed by atoms with van der Waals surface area (Å²) in [4.78, 5) is 26.2. The number of nitrogens with two attached hydrogens (primary N) is 1. The Morgan fingerprint density at radius 2 is 2.11 bits per heavy atom. The average molecular weight is 455 g/mol. The Hall–Kier alpha value is -1.07. The topological polar surface area (TPSA) is 84.7 Å². The molecule has 2 saturated heterocycles. The Bertz CT molecular complexity index is 695. The quantitative estimate of drug-likeness (QED) is 0.634. The van der Waals surface area contributed by atoms with Crippen LogP contribution in [-0.4, -0.2) is 69.5 Å². The molecule has 1 aromatic carbocycles. The van der Waals surface area contributed by atoms with Crippen LogP contribution in [0.3, 0.4) is 0 Å². The summed E-state index contributed by atoms with van der Waals surface area (Å²) in [7, 11) is 0. The van der Waals surface area contributed by atoms with E-state index in [1.54, 1.807) is 0 Å². The number of benzene rings is 1. The summed E-state index contributed by atoms with van der Waals surface area (Å²) >= 11 is 5.78. The number of nitrogens with one attached hydrogen (secondary N) is 1. The molecule has 6 nitrogen and oxygen atoms in total. The molecule has 8 heteroatoms. The standard InChI is InChI=1S/C19H26AsClN3O3/c1-12-2-3-15(21)17(8-12)27-14-4-6-24(7-5-14)19(26)16-9-13(11-23-16)20-18(25)10-22/h2-3,8,13-14,16,23H,4-7,9-11,22H2,1H3/t13?,16-/m0/s1. The maximum absolute atomic E-state index is 12.8. The van der Waals surface area contributed by atoms with Crippen LogP contribution >= 0.6 is 11.6 Å². The molecule has 0 bridgehead atoms. The van der Waals surface area contributed by atoms with Gasteiger partial charge in [0.25, 0.3) is 0 Å². The number of halogens is 1. The molecule has 0 spiro atoms. The van der Waals surface area contributed by atoms with Crippen LogP contribution in [0.15, 0.2) is 18.2 Å². The molecule has 0 aromatic heterocycles. The molecule has 1 unspecified atom stereocenters.